The normalized spacial score (nSPS) is 13.9. The number of hydrogen-bond donors (Lipinski definition) is 1. The van der Waals surface area contributed by atoms with E-state index in [1.54, 1.807) is 0 Å². The van der Waals surface area contributed by atoms with E-state index in [0.29, 0.717) is 0 Å². The number of hydrogen-bond acceptors (Lipinski definition) is 2. The molecule has 0 amide bonds. The molecule has 0 rings (SSSR count). The molecule has 0 aromatic carbocycles. The molecule has 0 aliphatic rings. The van der Waals surface area contributed by atoms with Gasteiger partial charge in [0.15, 0.2) is 0 Å². The molecule has 0 aliphatic heterocycles. The standard InChI is InChI=1S/C10H19BrF3NO2S/c1-9(2,5-6-11)8-15-18(16,17)7-3-4-10(12,13)14/h15H,3-8H2,1-2H3. The Hall–Kier alpha value is 0.180. The van der Waals surface area contributed by atoms with Crippen molar-refractivity contribution in [3.8, 4) is 0 Å². The lowest BCUT2D eigenvalue weighted by atomic mass is 9.91. The molecule has 8 heteroatoms. The number of alkyl halides is 4. The van der Waals surface area contributed by atoms with Gasteiger partial charge in [0, 0.05) is 18.3 Å². The maximum Gasteiger partial charge on any atom is 0.389 e. The van der Waals surface area contributed by atoms with Crippen LogP contribution in [0.25, 0.3) is 0 Å². The summed E-state index contributed by atoms with van der Waals surface area (Å²) in [6.07, 6.45) is -5.00. The molecule has 0 saturated carbocycles. The van der Waals surface area contributed by atoms with Crippen LogP contribution >= 0.6 is 15.9 Å². The van der Waals surface area contributed by atoms with Crippen molar-refractivity contribution in [3.63, 3.8) is 0 Å². The Bertz CT molecular complexity index is 342. The summed E-state index contributed by atoms with van der Waals surface area (Å²) in [5.41, 5.74) is -0.222. The molecule has 3 nitrogen and oxygen atoms in total. The number of nitrogens with one attached hydrogen (secondary N) is 1. The molecule has 110 valence electrons. The predicted octanol–water partition coefficient (Wildman–Crippen LogP) is 3.06. The second-order valence-corrected chi connectivity index (χ2v) is 7.68. The van der Waals surface area contributed by atoms with Gasteiger partial charge in [-0.05, 0) is 18.3 Å². The first-order chi connectivity index (χ1) is 7.97. The van der Waals surface area contributed by atoms with Gasteiger partial charge in [-0.15, -0.1) is 0 Å². The minimum atomic E-state index is -4.30. The number of rotatable bonds is 8. The van der Waals surface area contributed by atoms with E-state index in [9.17, 15) is 21.6 Å². The first-order valence-electron chi connectivity index (χ1n) is 5.57. The third-order valence-electron chi connectivity index (χ3n) is 2.42. The van der Waals surface area contributed by atoms with Crippen LogP contribution in [-0.2, 0) is 10.0 Å². The molecule has 0 radical (unpaired) electrons. The van der Waals surface area contributed by atoms with Gasteiger partial charge in [-0.3, -0.25) is 0 Å². The first kappa shape index (κ1) is 18.2. The molecule has 1 N–H and O–H groups in total. The fourth-order valence-corrected chi connectivity index (χ4v) is 3.54. The topological polar surface area (TPSA) is 46.2 Å². The zero-order chi connectivity index (χ0) is 14.4. The van der Waals surface area contributed by atoms with E-state index in [-0.39, 0.29) is 12.0 Å². The molecule has 0 saturated heterocycles. The number of sulfonamides is 1. The Morgan fingerprint density at radius 1 is 1.17 bits per heavy atom. The average molecular weight is 354 g/mol. The van der Waals surface area contributed by atoms with Crippen molar-refractivity contribution in [3.05, 3.63) is 0 Å². The fraction of sp³-hybridized carbons (Fsp3) is 1.00. The van der Waals surface area contributed by atoms with Gasteiger partial charge in [0.1, 0.15) is 0 Å². The Labute approximate surface area is 115 Å². The third-order valence-corrected chi connectivity index (χ3v) is 4.22. The Kier molecular flexibility index (Phi) is 7.16. The fourth-order valence-electron chi connectivity index (χ4n) is 1.18. The highest BCUT2D eigenvalue weighted by Gasteiger charge is 2.28. The molecule has 0 aromatic heterocycles. The van der Waals surface area contributed by atoms with Crippen molar-refractivity contribution in [2.45, 2.75) is 39.3 Å². The zero-order valence-corrected chi connectivity index (χ0v) is 12.9. The van der Waals surface area contributed by atoms with E-state index in [0.717, 1.165) is 11.8 Å². The van der Waals surface area contributed by atoms with Crippen LogP contribution < -0.4 is 4.72 Å². The van der Waals surface area contributed by atoms with Crippen LogP contribution in [0.1, 0.15) is 33.1 Å². The zero-order valence-electron chi connectivity index (χ0n) is 10.5. The summed E-state index contributed by atoms with van der Waals surface area (Å²) in [7, 11) is -3.62. The lowest BCUT2D eigenvalue weighted by Crippen LogP contribution is -2.35. The summed E-state index contributed by atoms with van der Waals surface area (Å²) in [4.78, 5) is 0. The SMILES string of the molecule is CC(C)(CCBr)CNS(=O)(=O)CCCC(F)(F)F. The van der Waals surface area contributed by atoms with Crippen LogP contribution in [0, 0.1) is 5.41 Å². The third kappa shape index (κ3) is 10.1. The summed E-state index contributed by atoms with van der Waals surface area (Å²) in [6.45, 7) is 4.02. The van der Waals surface area contributed by atoms with Gasteiger partial charge < -0.3 is 0 Å². The highest BCUT2D eigenvalue weighted by molar-refractivity contribution is 9.09. The minimum Gasteiger partial charge on any atom is -0.215 e. The smallest absolute Gasteiger partial charge is 0.215 e. The van der Waals surface area contributed by atoms with Crippen LogP contribution in [0.4, 0.5) is 13.2 Å². The van der Waals surface area contributed by atoms with E-state index in [2.05, 4.69) is 20.7 Å². The molecule has 0 fully saturated rings. The minimum absolute atomic E-state index is 0.222. The van der Waals surface area contributed by atoms with Crippen LogP contribution in [0.3, 0.4) is 0 Å². The van der Waals surface area contributed by atoms with E-state index in [4.69, 9.17) is 0 Å². The van der Waals surface area contributed by atoms with Crippen molar-refractivity contribution < 1.29 is 21.6 Å². The van der Waals surface area contributed by atoms with Crippen molar-refractivity contribution in [2.75, 3.05) is 17.6 Å². The van der Waals surface area contributed by atoms with Crippen molar-refractivity contribution in [1.82, 2.24) is 4.72 Å². The van der Waals surface area contributed by atoms with Crippen LogP contribution in [0.5, 0.6) is 0 Å². The average Bonchev–Trinajstić information content (AvgIpc) is 2.13. The molecule has 18 heavy (non-hydrogen) atoms. The van der Waals surface area contributed by atoms with E-state index >= 15 is 0 Å². The van der Waals surface area contributed by atoms with Gasteiger partial charge in [-0.1, -0.05) is 29.8 Å². The van der Waals surface area contributed by atoms with Crippen LogP contribution in [-0.4, -0.2) is 32.2 Å². The Morgan fingerprint density at radius 2 is 1.72 bits per heavy atom. The molecule has 0 bridgehead atoms. The van der Waals surface area contributed by atoms with Gasteiger partial charge in [-0.2, -0.15) is 13.2 Å². The molecule has 0 unspecified atom stereocenters. The maximum absolute atomic E-state index is 11.9. The first-order valence-corrected chi connectivity index (χ1v) is 8.35. The monoisotopic (exact) mass is 353 g/mol. The molecule has 0 heterocycles. The Morgan fingerprint density at radius 3 is 2.17 bits per heavy atom. The highest BCUT2D eigenvalue weighted by atomic mass is 79.9. The molecular formula is C10H19BrF3NO2S. The molecular weight excluding hydrogens is 335 g/mol. The maximum atomic E-state index is 11.9. The molecule has 0 spiro atoms. The lowest BCUT2D eigenvalue weighted by molar-refractivity contribution is -0.134. The van der Waals surface area contributed by atoms with Gasteiger partial charge in [0.25, 0.3) is 0 Å². The lowest BCUT2D eigenvalue weighted by Gasteiger charge is -2.23. The van der Waals surface area contributed by atoms with Crippen molar-refractivity contribution >= 4 is 26.0 Å². The predicted molar refractivity (Wildman–Crippen MR) is 69.3 cm³/mol. The van der Waals surface area contributed by atoms with E-state index in [1.165, 1.54) is 0 Å². The van der Waals surface area contributed by atoms with Gasteiger partial charge >= 0.3 is 6.18 Å². The summed E-state index contributed by atoms with van der Waals surface area (Å²) < 4.78 is 61.0. The second kappa shape index (κ2) is 7.09. The van der Waals surface area contributed by atoms with Crippen LogP contribution in [0.2, 0.25) is 0 Å². The van der Waals surface area contributed by atoms with Gasteiger partial charge in [0.2, 0.25) is 10.0 Å². The van der Waals surface area contributed by atoms with Crippen molar-refractivity contribution in [2.24, 2.45) is 5.41 Å². The van der Waals surface area contributed by atoms with E-state index in [1.807, 2.05) is 13.8 Å². The second-order valence-electron chi connectivity index (χ2n) is 4.96. The molecule has 0 atom stereocenters. The number of halogens is 4. The molecule has 0 aromatic rings. The summed E-state index contributed by atoms with van der Waals surface area (Å²) in [6, 6.07) is 0. The Balaban J connectivity index is 4.09. The summed E-state index contributed by atoms with van der Waals surface area (Å²) in [5.74, 6) is -0.489. The molecule has 0 aliphatic carbocycles. The van der Waals surface area contributed by atoms with E-state index < -0.39 is 34.8 Å². The largest absolute Gasteiger partial charge is 0.389 e. The van der Waals surface area contributed by atoms with Gasteiger partial charge in [-0.25, -0.2) is 13.1 Å². The van der Waals surface area contributed by atoms with Crippen molar-refractivity contribution in [1.29, 1.82) is 0 Å². The van der Waals surface area contributed by atoms with Gasteiger partial charge in [0.05, 0.1) is 5.75 Å². The highest BCUT2D eigenvalue weighted by Crippen LogP contribution is 2.22. The summed E-state index contributed by atoms with van der Waals surface area (Å²) >= 11 is 3.27. The van der Waals surface area contributed by atoms with Crippen LogP contribution in [0.15, 0.2) is 0 Å². The summed E-state index contributed by atoms with van der Waals surface area (Å²) in [5, 5.41) is 0.746. The quantitative estimate of drug-likeness (QED) is 0.681.